The molecule has 3 atom stereocenters. The number of likely N-dealkylation sites (tertiary alicyclic amines) is 1. The van der Waals surface area contributed by atoms with Crippen molar-refractivity contribution < 1.29 is 4.79 Å². The molecule has 1 saturated heterocycles. The van der Waals surface area contributed by atoms with Crippen LogP contribution in [0.1, 0.15) is 68.1 Å². The number of hydrogen-bond acceptors (Lipinski definition) is 4. The van der Waals surface area contributed by atoms with Crippen LogP contribution in [0.5, 0.6) is 0 Å². The molecule has 1 N–H and O–H groups in total. The second kappa shape index (κ2) is 6.35. The van der Waals surface area contributed by atoms with E-state index in [4.69, 9.17) is 4.98 Å². The molecule has 1 aromatic heterocycles. The number of nitrogens with zero attached hydrogens (tertiary/aromatic N) is 3. The number of hydrogen-bond donors (Lipinski definition) is 1. The number of fused-ring (bicyclic) bond motifs is 2. The maximum atomic E-state index is 13.3. The minimum Gasteiger partial charge on any atom is -0.332 e. The fraction of sp³-hybridized carbons (Fsp3) is 0.750. The summed E-state index contributed by atoms with van der Waals surface area (Å²) in [5, 5.41) is 3.37. The van der Waals surface area contributed by atoms with Crippen LogP contribution in [0.4, 0.5) is 0 Å². The van der Waals surface area contributed by atoms with Gasteiger partial charge in [0.1, 0.15) is 0 Å². The number of aromatic nitrogens is 2. The average Bonchev–Trinajstić information content (AvgIpc) is 3.41. The van der Waals surface area contributed by atoms with E-state index >= 15 is 0 Å². The van der Waals surface area contributed by atoms with E-state index in [9.17, 15) is 4.79 Å². The fourth-order valence-electron chi connectivity index (χ4n) is 5.43. The molecule has 0 radical (unpaired) electrons. The summed E-state index contributed by atoms with van der Waals surface area (Å²) in [6, 6.07) is 0.101. The van der Waals surface area contributed by atoms with Gasteiger partial charge in [-0.1, -0.05) is 12.8 Å². The van der Waals surface area contributed by atoms with E-state index in [1.54, 1.807) is 0 Å². The molecule has 134 valence electrons. The van der Waals surface area contributed by atoms with Crippen molar-refractivity contribution in [3.8, 4) is 0 Å². The number of piperidine rings is 1. The van der Waals surface area contributed by atoms with Crippen LogP contribution in [0.3, 0.4) is 0 Å². The van der Waals surface area contributed by atoms with Gasteiger partial charge in [-0.2, -0.15) is 0 Å². The molecule has 5 rings (SSSR count). The van der Waals surface area contributed by atoms with Gasteiger partial charge in [-0.15, -0.1) is 0 Å². The third-order valence-electron chi connectivity index (χ3n) is 6.85. The van der Waals surface area contributed by atoms with Crippen LogP contribution < -0.4 is 5.32 Å². The van der Waals surface area contributed by atoms with Crippen LogP contribution in [0.15, 0.2) is 6.20 Å². The molecule has 0 spiro atoms. The molecule has 25 heavy (non-hydrogen) atoms. The van der Waals surface area contributed by atoms with E-state index in [1.807, 2.05) is 6.20 Å². The Bertz CT molecular complexity index is 664. The Morgan fingerprint density at radius 2 is 1.92 bits per heavy atom. The van der Waals surface area contributed by atoms with Gasteiger partial charge in [-0.05, 0) is 43.9 Å². The molecule has 1 amide bonds. The topological polar surface area (TPSA) is 58.1 Å². The Morgan fingerprint density at radius 3 is 2.76 bits per heavy atom. The van der Waals surface area contributed by atoms with Crippen molar-refractivity contribution in [3.05, 3.63) is 23.3 Å². The summed E-state index contributed by atoms with van der Waals surface area (Å²) in [5.74, 6) is 2.96. The van der Waals surface area contributed by atoms with Gasteiger partial charge in [0.15, 0.2) is 5.82 Å². The second-order valence-electron chi connectivity index (χ2n) is 8.31. The first kappa shape index (κ1) is 15.7. The first-order valence-electron chi connectivity index (χ1n) is 10.2. The predicted molar refractivity (Wildman–Crippen MR) is 94.7 cm³/mol. The SMILES string of the molecule is O=C(C1[C@@H]2CCCC[C@@H]12)N1CCCC[C@H]1c1ncc2c(n1)CCNC2. The van der Waals surface area contributed by atoms with Gasteiger partial charge >= 0.3 is 0 Å². The first-order valence-corrected chi connectivity index (χ1v) is 10.2. The normalized spacial score (nSPS) is 34.2. The number of amides is 1. The molecule has 2 aliphatic carbocycles. The highest BCUT2D eigenvalue weighted by Gasteiger charge is 2.56. The lowest BCUT2D eigenvalue weighted by molar-refractivity contribution is -0.137. The lowest BCUT2D eigenvalue weighted by Crippen LogP contribution is -2.41. The first-order chi connectivity index (χ1) is 12.3. The van der Waals surface area contributed by atoms with Crippen LogP contribution >= 0.6 is 0 Å². The summed E-state index contributed by atoms with van der Waals surface area (Å²) in [4.78, 5) is 25.0. The average molecular weight is 340 g/mol. The number of rotatable bonds is 2. The Hall–Kier alpha value is -1.49. The van der Waals surface area contributed by atoms with Crippen molar-refractivity contribution in [2.75, 3.05) is 13.1 Å². The summed E-state index contributed by atoms with van der Waals surface area (Å²) in [7, 11) is 0. The molecule has 5 heteroatoms. The Morgan fingerprint density at radius 1 is 1.12 bits per heavy atom. The van der Waals surface area contributed by atoms with E-state index in [2.05, 4.69) is 15.2 Å². The van der Waals surface area contributed by atoms with Crippen molar-refractivity contribution in [2.24, 2.45) is 17.8 Å². The van der Waals surface area contributed by atoms with Gasteiger partial charge in [-0.25, -0.2) is 9.97 Å². The Kier molecular flexibility index (Phi) is 4.00. The number of carbonyl (C=O) groups excluding carboxylic acids is 1. The standard InChI is InChI=1S/C20H28N4O/c25-20(18-14-5-1-2-6-15(14)18)24-10-4-3-7-17(24)19-22-12-13-11-21-9-8-16(13)23-19/h12,14-15,17-18,21H,1-11H2/t14-,15-,17+/m1/s1. The highest BCUT2D eigenvalue weighted by Crippen LogP contribution is 2.56. The Labute approximate surface area is 149 Å². The highest BCUT2D eigenvalue weighted by molar-refractivity contribution is 5.83. The predicted octanol–water partition coefficient (Wildman–Crippen LogP) is 2.61. The minimum atomic E-state index is 0.101. The van der Waals surface area contributed by atoms with Crippen LogP contribution in [0.2, 0.25) is 0 Å². The van der Waals surface area contributed by atoms with Crippen LogP contribution in [0, 0.1) is 17.8 Å². The van der Waals surface area contributed by atoms with Crippen LogP contribution in [-0.2, 0) is 17.8 Å². The van der Waals surface area contributed by atoms with Crippen molar-refractivity contribution in [3.63, 3.8) is 0 Å². The molecule has 0 bridgehead atoms. The summed E-state index contributed by atoms with van der Waals surface area (Å²) in [6.07, 6.45) is 11.4. The molecule has 3 heterocycles. The van der Waals surface area contributed by atoms with E-state index in [1.165, 1.54) is 43.4 Å². The third-order valence-corrected chi connectivity index (χ3v) is 6.85. The zero-order valence-corrected chi connectivity index (χ0v) is 14.9. The fourth-order valence-corrected chi connectivity index (χ4v) is 5.43. The molecule has 5 nitrogen and oxygen atoms in total. The van der Waals surface area contributed by atoms with E-state index in [0.29, 0.717) is 23.7 Å². The van der Waals surface area contributed by atoms with Crippen molar-refractivity contribution in [1.29, 1.82) is 0 Å². The molecule has 2 aliphatic heterocycles. The summed E-state index contributed by atoms with van der Waals surface area (Å²) < 4.78 is 0. The summed E-state index contributed by atoms with van der Waals surface area (Å²) in [5.41, 5.74) is 2.40. The van der Waals surface area contributed by atoms with E-state index in [0.717, 1.165) is 44.7 Å². The van der Waals surface area contributed by atoms with Gasteiger partial charge in [0.2, 0.25) is 5.91 Å². The van der Waals surface area contributed by atoms with E-state index < -0.39 is 0 Å². The zero-order valence-electron chi connectivity index (χ0n) is 14.9. The zero-order chi connectivity index (χ0) is 16.8. The molecule has 0 unspecified atom stereocenters. The number of nitrogens with one attached hydrogen (secondary N) is 1. The quantitative estimate of drug-likeness (QED) is 0.899. The molecular weight excluding hydrogens is 312 g/mol. The van der Waals surface area contributed by atoms with Gasteiger partial charge < -0.3 is 10.2 Å². The third kappa shape index (κ3) is 2.77. The van der Waals surface area contributed by atoms with Crippen molar-refractivity contribution in [1.82, 2.24) is 20.2 Å². The Balaban J connectivity index is 1.38. The molecule has 1 aromatic rings. The monoisotopic (exact) mass is 340 g/mol. The van der Waals surface area contributed by atoms with Gasteiger partial charge in [-0.3, -0.25) is 4.79 Å². The molecular formula is C20H28N4O. The van der Waals surface area contributed by atoms with Crippen molar-refractivity contribution >= 4 is 5.91 Å². The van der Waals surface area contributed by atoms with E-state index in [-0.39, 0.29) is 6.04 Å². The smallest absolute Gasteiger partial charge is 0.226 e. The van der Waals surface area contributed by atoms with Gasteiger partial charge in [0.05, 0.1) is 6.04 Å². The van der Waals surface area contributed by atoms with Crippen molar-refractivity contribution in [2.45, 2.75) is 64.0 Å². The highest BCUT2D eigenvalue weighted by atomic mass is 16.2. The summed E-state index contributed by atoms with van der Waals surface area (Å²) >= 11 is 0. The molecule has 2 saturated carbocycles. The second-order valence-corrected chi connectivity index (χ2v) is 8.31. The maximum Gasteiger partial charge on any atom is 0.226 e. The minimum absolute atomic E-state index is 0.101. The summed E-state index contributed by atoms with van der Waals surface area (Å²) in [6.45, 7) is 2.75. The van der Waals surface area contributed by atoms with Crippen LogP contribution in [-0.4, -0.2) is 33.9 Å². The number of carbonyl (C=O) groups is 1. The largest absolute Gasteiger partial charge is 0.332 e. The molecule has 0 aromatic carbocycles. The molecule has 3 fully saturated rings. The lowest BCUT2D eigenvalue weighted by Gasteiger charge is -2.35. The van der Waals surface area contributed by atoms with Gasteiger partial charge in [0.25, 0.3) is 0 Å². The van der Waals surface area contributed by atoms with Gasteiger partial charge in [0, 0.05) is 49.4 Å². The molecule has 4 aliphatic rings. The van der Waals surface area contributed by atoms with Crippen LogP contribution in [0.25, 0.3) is 0 Å². The maximum absolute atomic E-state index is 13.3. The lowest BCUT2D eigenvalue weighted by atomic mass is 9.99.